The molecule has 1 aromatic carbocycles. The third-order valence-corrected chi connectivity index (χ3v) is 5.97. The van der Waals surface area contributed by atoms with Gasteiger partial charge in [-0.25, -0.2) is 0 Å². The first-order chi connectivity index (χ1) is 11.5. The van der Waals surface area contributed by atoms with Gasteiger partial charge in [0.05, 0.1) is 6.10 Å². The van der Waals surface area contributed by atoms with Gasteiger partial charge in [-0.1, -0.05) is 90.0 Å². The lowest BCUT2D eigenvalue weighted by atomic mass is 9.78. The van der Waals surface area contributed by atoms with Crippen LogP contribution in [0.25, 0.3) is 0 Å². The lowest BCUT2D eigenvalue weighted by molar-refractivity contribution is 0.119. The Balaban J connectivity index is 1.84. The lowest BCUT2D eigenvalue weighted by Crippen LogP contribution is -2.19. The van der Waals surface area contributed by atoms with Crippen molar-refractivity contribution in [3.05, 3.63) is 35.4 Å². The maximum Gasteiger partial charge on any atom is 0.0546 e. The molecule has 0 spiro atoms. The van der Waals surface area contributed by atoms with Crippen LogP contribution in [0.3, 0.4) is 0 Å². The van der Waals surface area contributed by atoms with Gasteiger partial charge in [0.2, 0.25) is 0 Å². The molecule has 1 heteroatoms. The van der Waals surface area contributed by atoms with E-state index < -0.39 is 0 Å². The Hall–Kier alpha value is -0.820. The summed E-state index contributed by atoms with van der Waals surface area (Å²) in [5, 5.41) is 9.90. The van der Waals surface area contributed by atoms with Crippen LogP contribution in [0.4, 0.5) is 0 Å². The topological polar surface area (TPSA) is 20.2 Å². The van der Waals surface area contributed by atoms with E-state index in [2.05, 4.69) is 45.0 Å². The second-order valence-corrected chi connectivity index (χ2v) is 8.54. The zero-order valence-corrected chi connectivity index (χ0v) is 16.2. The molecule has 1 fully saturated rings. The molecule has 0 heterocycles. The smallest absolute Gasteiger partial charge is 0.0546 e. The van der Waals surface area contributed by atoms with Gasteiger partial charge in [-0.15, -0.1) is 0 Å². The molecule has 1 N–H and O–H groups in total. The van der Waals surface area contributed by atoms with Crippen molar-refractivity contribution >= 4 is 0 Å². The molecule has 0 saturated heterocycles. The molecule has 1 aromatic rings. The van der Waals surface area contributed by atoms with Gasteiger partial charge in [-0.05, 0) is 48.1 Å². The number of aliphatic hydroxyl groups is 1. The Morgan fingerprint density at radius 2 is 1.62 bits per heavy atom. The van der Waals surface area contributed by atoms with Gasteiger partial charge < -0.3 is 5.11 Å². The van der Waals surface area contributed by atoms with Crippen LogP contribution in [0.5, 0.6) is 0 Å². The molecular weight excluding hydrogens is 292 g/mol. The summed E-state index contributed by atoms with van der Waals surface area (Å²) in [5.74, 6) is 0.560. The first-order valence-corrected chi connectivity index (χ1v) is 10.3. The van der Waals surface area contributed by atoms with Crippen molar-refractivity contribution in [3.63, 3.8) is 0 Å². The summed E-state index contributed by atoms with van der Waals surface area (Å²) in [6.07, 6.45) is 13.7. The second kappa shape index (κ2) is 9.61. The van der Waals surface area contributed by atoms with E-state index in [1.54, 1.807) is 0 Å². The maximum atomic E-state index is 9.90. The molecule has 24 heavy (non-hydrogen) atoms. The number of hydrogen-bond donors (Lipinski definition) is 1. The first kappa shape index (κ1) is 19.5. The Labute approximate surface area is 149 Å². The number of benzene rings is 1. The van der Waals surface area contributed by atoms with Crippen LogP contribution in [0.1, 0.15) is 108 Å². The fourth-order valence-electron chi connectivity index (χ4n) is 4.16. The Morgan fingerprint density at radius 1 is 0.958 bits per heavy atom. The normalized spacial score (nSPS) is 21.8. The largest absolute Gasteiger partial charge is 0.393 e. The van der Waals surface area contributed by atoms with Crippen LogP contribution in [-0.2, 0) is 5.41 Å². The Kier molecular flexibility index (Phi) is 7.81. The van der Waals surface area contributed by atoms with Crippen LogP contribution in [0, 0.1) is 0 Å². The van der Waals surface area contributed by atoms with Gasteiger partial charge in [0.1, 0.15) is 0 Å². The van der Waals surface area contributed by atoms with Crippen molar-refractivity contribution < 1.29 is 5.11 Å². The molecule has 0 amide bonds. The highest BCUT2D eigenvalue weighted by atomic mass is 16.3. The third-order valence-electron chi connectivity index (χ3n) is 5.97. The SMILES string of the molecule is CCCCCCCCC(C)(C)c1ccc([C@@H]2CCC[C@@H](O)C2)cc1. The summed E-state index contributed by atoms with van der Waals surface area (Å²) >= 11 is 0. The van der Waals surface area contributed by atoms with E-state index in [4.69, 9.17) is 0 Å². The summed E-state index contributed by atoms with van der Waals surface area (Å²) in [6.45, 7) is 7.05. The highest BCUT2D eigenvalue weighted by Crippen LogP contribution is 2.35. The van der Waals surface area contributed by atoms with Crippen molar-refractivity contribution in [1.29, 1.82) is 0 Å². The molecule has 0 aromatic heterocycles. The van der Waals surface area contributed by atoms with Crippen molar-refractivity contribution in [2.24, 2.45) is 0 Å². The van der Waals surface area contributed by atoms with E-state index in [-0.39, 0.29) is 11.5 Å². The van der Waals surface area contributed by atoms with Crippen LogP contribution in [0.15, 0.2) is 24.3 Å². The average Bonchev–Trinajstić information content (AvgIpc) is 2.58. The Morgan fingerprint density at radius 3 is 2.29 bits per heavy atom. The zero-order chi connectivity index (χ0) is 17.4. The van der Waals surface area contributed by atoms with Crippen molar-refractivity contribution in [1.82, 2.24) is 0 Å². The van der Waals surface area contributed by atoms with Crippen LogP contribution in [0.2, 0.25) is 0 Å². The second-order valence-electron chi connectivity index (χ2n) is 8.54. The average molecular weight is 331 g/mol. The fraction of sp³-hybridized carbons (Fsp3) is 0.739. The highest BCUT2D eigenvalue weighted by molar-refractivity contribution is 5.30. The van der Waals surface area contributed by atoms with Crippen molar-refractivity contribution in [2.45, 2.75) is 109 Å². The first-order valence-electron chi connectivity index (χ1n) is 10.3. The summed E-state index contributed by atoms with van der Waals surface area (Å²) in [4.78, 5) is 0. The number of unbranched alkanes of at least 4 members (excludes halogenated alkanes) is 5. The van der Waals surface area contributed by atoms with E-state index in [0.717, 1.165) is 19.3 Å². The van der Waals surface area contributed by atoms with Gasteiger partial charge in [0, 0.05) is 0 Å². The number of hydrogen-bond acceptors (Lipinski definition) is 1. The van der Waals surface area contributed by atoms with Crippen molar-refractivity contribution in [3.8, 4) is 0 Å². The van der Waals surface area contributed by atoms with Gasteiger partial charge in [-0.2, -0.15) is 0 Å². The molecule has 1 saturated carbocycles. The molecule has 1 nitrogen and oxygen atoms in total. The molecule has 1 aliphatic carbocycles. The molecule has 0 aliphatic heterocycles. The molecule has 2 atom stereocenters. The fourth-order valence-corrected chi connectivity index (χ4v) is 4.16. The minimum absolute atomic E-state index is 0.0902. The predicted octanol–water partition coefficient (Wildman–Crippen LogP) is 6.73. The van der Waals surface area contributed by atoms with Gasteiger partial charge in [0.25, 0.3) is 0 Å². The van der Waals surface area contributed by atoms with E-state index in [9.17, 15) is 5.11 Å². The standard InChI is InChI=1S/C23H38O/c1-4-5-6-7-8-9-17-23(2,3)21-15-13-19(14-16-21)20-11-10-12-22(24)18-20/h13-16,20,22,24H,4-12,17-18H2,1-3H3/t20-,22-/m1/s1. The maximum absolute atomic E-state index is 9.90. The lowest BCUT2D eigenvalue weighted by Gasteiger charge is -2.28. The van der Waals surface area contributed by atoms with E-state index in [0.29, 0.717) is 5.92 Å². The van der Waals surface area contributed by atoms with Crippen LogP contribution in [-0.4, -0.2) is 11.2 Å². The number of rotatable bonds is 9. The summed E-state index contributed by atoms with van der Waals surface area (Å²) in [5.41, 5.74) is 3.17. The molecule has 0 unspecified atom stereocenters. The predicted molar refractivity (Wildman–Crippen MR) is 105 cm³/mol. The van der Waals surface area contributed by atoms with Gasteiger partial charge in [0.15, 0.2) is 0 Å². The highest BCUT2D eigenvalue weighted by Gasteiger charge is 2.23. The summed E-state index contributed by atoms with van der Waals surface area (Å²) < 4.78 is 0. The van der Waals surface area contributed by atoms with Gasteiger partial charge in [-0.3, -0.25) is 0 Å². The van der Waals surface area contributed by atoms with Gasteiger partial charge >= 0.3 is 0 Å². The molecule has 0 radical (unpaired) electrons. The molecule has 2 rings (SSSR count). The monoisotopic (exact) mass is 330 g/mol. The summed E-state index contributed by atoms with van der Waals surface area (Å²) in [7, 11) is 0. The Bertz CT molecular complexity index is 459. The van der Waals surface area contributed by atoms with E-state index in [1.807, 2.05) is 0 Å². The number of aliphatic hydroxyl groups excluding tert-OH is 1. The molecular formula is C23H38O. The minimum atomic E-state index is -0.0902. The molecule has 136 valence electrons. The summed E-state index contributed by atoms with van der Waals surface area (Å²) in [6, 6.07) is 9.32. The van der Waals surface area contributed by atoms with E-state index >= 15 is 0 Å². The van der Waals surface area contributed by atoms with Crippen LogP contribution < -0.4 is 0 Å². The van der Waals surface area contributed by atoms with Crippen LogP contribution >= 0.6 is 0 Å². The molecule has 0 bridgehead atoms. The zero-order valence-electron chi connectivity index (χ0n) is 16.2. The minimum Gasteiger partial charge on any atom is -0.393 e. The third kappa shape index (κ3) is 5.92. The molecule has 1 aliphatic rings. The quantitative estimate of drug-likeness (QED) is 0.497. The van der Waals surface area contributed by atoms with Crippen molar-refractivity contribution in [2.75, 3.05) is 0 Å². The van der Waals surface area contributed by atoms with E-state index in [1.165, 1.54) is 62.5 Å².